The highest BCUT2D eigenvalue weighted by Gasteiger charge is 2.49. The first-order chi connectivity index (χ1) is 20.3. The van der Waals surface area contributed by atoms with E-state index in [0.717, 1.165) is 19.3 Å². The normalized spacial score (nSPS) is 22.2. The van der Waals surface area contributed by atoms with Gasteiger partial charge in [-0.25, -0.2) is 18.7 Å². The Morgan fingerprint density at radius 3 is 2.43 bits per heavy atom. The smallest absolute Gasteiger partial charge is 0.254 e. The molecule has 1 N–H and O–H groups in total. The van der Waals surface area contributed by atoms with E-state index >= 15 is 0 Å². The first-order valence-electron chi connectivity index (χ1n) is 14.3. The van der Waals surface area contributed by atoms with Crippen molar-refractivity contribution in [3.05, 3.63) is 82.0 Å². The molecule has 224 valence electrons. The van der Waals surface area contributed by atoms with Crippen LogP contribution in [0.2, 0.25) is 0 Å². The molecule has 0 bridgehead atoms. The predicted molar refractivity (Wildman–Crippen MR) is 160 cm³/mol. The van der Waals surface area contributed by atoms with Gasteiger partial charge in [-0.1, -0.05) is 31.2 Å². The van der Waals surface area contributed by atoms with Crippen molar-refractivity contribution in [1.82, 2.24) is 10.4 Å². The Morgan fingerprint density at radius 1 is 1.05 bits per heavy atom. The Labute approximate surface area is 250 Å². The van der Waals surface area contributed by atoms with Crippen molar-refractivity contribution in [1.29, 1.82) is 0 Å². The topological polar surface area (TPSA) is 111 Å². The van der Waals surface area contributed by atoms with Gasteiger partial charge in [0.15, 0.2) is 16.1 Å². The van der Waals surface area contributed by atoms with Crippen LogP contribution >= 0.6 is 11.3 Å². The maximum absolute atomic E-state index is 14.0. The molecule has 5 rings (SSSR count). The summed E-state index contributed by atoms with van der Waals surface area (Å²) in [4.78, 5) is 33.4. The summed E-state index contributed by atoms with van der Waals surface area (Å²) in [7, 11) is -3.91. The van der Waals surface area contributed by atoms with Crippen LogP contribution in [-0.4, -0.2) is 56.9 Å². The second-order valence-electron chi connectivity index (χ2n) is 10.6. The Morgan fingerprint density at radius 2 is 1.79 bits per heavy atom. The molecule has 2 atom stereocenters. The highest BCUT2D eigenvalue weighted by molar-refractivity contribution is 7.92. The molecule has 0 spiro atoms. The number of rotatable bonds is 9. The Bertz CT molecular complexity index is 1450. The molecular weight excluding hydrogens is 576 g/mol. The van der Waals surface area contributed by atoms with Crippen LogP contribution in [0, 0.1) is 0 Å². The molecule has 9 nitrogen and oxygen atoms in total. The first kappa shape index (κ1) is 30.2. The summed E-state index contributed by atoms with van der Waals surface area (Å²) < 4.78 is 38.0. The molecule has 0 saturated carbocycles. The number of hydroxylamine groups is 1. The van der Waals surface area contributed by atoms with E-state index in [1.165, 1.54) is 16.9 Å². The standard InChI is InChI=1S/C31H36N2O7S2/c1-2-23-6-10-26(11-7-23)39-27-12-8-25(9-13-27)31(21-28(34)32-40-29-5-3-4-18-38-29)15-16-33(17-20-42(31,36)37)30(35)24-14-19-41-22-24/h6-14,19,22,29H,2-5,15-18,20-21H2,1H3,(H,32,34). The lowest BCUT2D eigenvalue weighted by Crippen LogP contribution is -2.43. The van der Waals surface area contributed by atoms with Crippen LogP contribution in [0.5, 0.6) is 11.5 Å². The molecule has 2 aliphatic rings. The fourth-order valence-electron chi connectivity index (χ4n) is 5.39. The molecule has 3 heterocycles. The van der Waals surface area contributed by atoms with Crippen molar-refractivity contribution in [2.24, 2.45) is 0 Å². The van der Waals surface area contributed by atoms with Gasteiger partial charge in [0.1, 0.15) is 16.2 Å². The summed E-state index contributed by atoms with van der Waals surface area (Å²) in [5.74, 6) is 0.149. The van der Waals surface area contributed by atoms with E-state index in [0.29, 0.717) is 35.7 Å². The van der Waals surface area contributed by atoms with Crippen LogP contribution in [0.15, 0.2) is 65.4 Å². The number of nitrogens with zero attached hydrogens (tertiary/aromatic N) is 1. The number of sulfone groups is 1. The quantitative estimate of drug-likeness (QED) is 0.330. The summed E-state index contributed by atoms with van der Waals surface area (Å²) in [6, 6.07) is 16.3. The van der Waals surface area contributed by atoms with E-state index in [1.54, 1.807) is 40.6 Å². The number of ether oxygens (including phenoxy) is 2. The van der Waals surface area contributed by atoms with E-state index in [1.807, 2.05) is 29.6 Å². The second-order valence-corrected chi connectivity index (χ2v) is 13.8. The van der Waals surface area contributed by atoms with Crippen molar-refractivity contribution in [3.63, 3.8) is 0 Å². The minimum atomic E-state index is -3.91. The van der Waals surface area contributed by atoms with E-state index in [-0.39, 0.29) is 37.6 Å². The van der Waals surface area contributed by atoms with Crippen LogP contribution in [-0.2, 0) is 35.4 Å². The fraction of sp³-hybridized carbons (Fsp3) is 0.419. The molecule has 11 heteroatoms. The molecule has 2 saturated heterocycles. The lowest BCUT2D eigenvalue weighted by Gasteiger charge is -2.32. The molecule has 2 aliphatic heterocycles. The van der Waals surface area contributed by atoms with Crippen molar-refractivity contribution in [2.75, 3.05) is 25.4 Å². The highest BCUT2D eigenvalue weighted by atomic mass is 32.2. The highest BCUT2D eigenvalue weighted by Crippen LogP contribution is 2.41. The summed E-state index contributed by atoms with van der Waals surface area (Å²) in [6.45, 7) is 2.85. The third-order valence-corrected chi connectivity index (χ3v) is 11.1. The lowest BCUT2D eigenvalue weighted by molar-refractivity contribution is -0.200. The number of thiophene rings is 1. The van der Waals surface area contributed by atoms with E-state index in [9.17, 15) is 18.0 Å². The Hall–Kier alpha value is -3.25. The molecule has 0 radical (unpaired) electrons. The monoisotopic (exact) mass is 612 g/mol. The van der Waals surface area contributed by atoms with Gasteiger partial charge < -0.3 is 14.4 Å². The van der Waals surface area contributed by atoms with Gasteiger partial charge in [0, 0.05) is 31.5 Å². The molecule has 42 heavy (non-hydrogen) atoms. The number of benzene rings is 2. The number of hydrogen-bond donors (Lipinski definition) is 1. The van der Waals surface area contributed by atoms with Crippen LogP contribution in [0.25, 0.3) is 0 Å². The molecule has 2 aromatic carbocycles. The SMILES string of the molecule is CCc1ccc(Oc2ccc(C3(CC(=O)NOC4CCCCO4)CCN(C(=O)c4ccsc4)CCS3(=O)=O)cc2)cc1. The van der Waals surface area contributed by atoms with Gasteiger partial charge in [-0.05, 0) is 72.5 Å². The average molecular weight is 613 g/mol. The third kappa shape index (κ3) is 6.86. The number of hydrogen-bond acceptors (Lipinski definition) is 8. The number of carbonyl (C=O) groups is 2. The summed E-state index contributed by atoms with van der Waals surface area (Å²) >= 11 is 1.41. The summed E-state index contributed by atoms with van der Waals surface area (Å²) in [5, 5.41) is 3.57. The Balaban J connectivity index is 1.40. The zero-order valence-electron chi connectivity index (χ0n) is 23.6. The maximum Gasteiger partial charge on any atom is 0.254 e. The lowest BCUT2D eigenvalue weighted by atomic mass is 9.90. The largest absolute Gasteiger partial charge is 0.457 e. The van der Waals surface area contributed by atoms with Gasteiger partial charge in [0.2, 0.25) is 5.91 Å². The average Bonchev–Trinajstić information content (AvgIpc) is 3.51. The number of amides is 2. The van der Waals surface area contributed by atoms with Crippen molar-refractivity contribution >= 4 is 33.0 Å². The van der Waals surface area contributed by atoms with E-state index in [4.69, 9.17) is 14.3 Å². The number of nitrogens with one attached hydrogen (secondary N) is 1. The third-order valence-electron chi connectivity index (χ3n) is 7.90. The van der Waals surface area contributed by atoms with Crippen LogP contribution < -0.4 is 10.2 Å². The molecule has 1 aromatic heterocycles. The van der Waals surface area contributed by atoms with Gasteiger partial charge in [-0.2, -0.15) is 11.3 Å². The zero-order valence-corrected chi connectivity index (χ0v) is 25.3. The second kappa shape index (κ2) is 13.4. The fourth-order valence-corrected chi connectivity index (χ4v) is 8.12. The molecule has 2 fully saturated rings. The molecule has 2 unspecified atom stereocenters. The number of aryl methyl sites for hydroxylation is 1. The predicted octanol–water partition coefficient (Wildman–Crippen LogP) is 5.22. The van der Waals surface area contributed by atoms with Gasteiger partial charge in [-0.3, -0.25) is 9.59 Å². The van der Waals surface area contributed by atoms with Crippen molar-refractivity contribution in [3.8, 4) is 11.5 Å². The van der Waals surface area contributed by atoms with E-state index < -0.39 is 26.8 Å². The van der Waals surface area contributed by atoms with Crippen LogP contribution in [0.4, 0.5) is 0 Å². The van der Waals surface area contributed by atoms with Crippen LogP contribution in [0.1, 0.15) is 60.5 Å². The maximum atomic E-state index is 14.0. The number of carbonyl (C=O) groups excluding carboxylic acids is 2. The molecular formula is C31H36N2O7S2. The molecule has 0 aliphatic carbocycles. The van der Waals surface area contributed by atoms with Gasteiger partial charge in [-0.15, -0.1) is 0 Å². The minimum Gasteiger partial charge on any atom is -0.457 e. The van der Waals surface area contributed by atoms with Crippen molar-refractivity contribution < 1.29 is 32.3 Å². The van der Waals surface area contributed by atoms with Gasteiger partial charge >= 0.3 is 0 Å². The van der Waals surface area contributed by atoms with Crippen molar-refractivity contribution in [2.45, 2.75) is 56.5 Å². The Kier molecular flexibility index (Phi) is 9.62. The molecule has 2 amide bonds. The summed E-state index contributed by atoms with van der Waals surface area (Å²) in [6.07, 6.45) is 2.55. The first-order valence-corrected chi connectivity index (χ1v) is 16.9. The van der Waals surface area contributed by atoms with Crippen LogP contribution in [0.3, 0.4) is 0 Å². The zero-order chi connectivity index (χ0) is 29.6. The summed E-state index contributed by atoms with van der Waals surface area (Å²) in [5.41, 5.74) is 4.61. The van der Waals surface area contributed by atoms with E-state index in [2.05, 4.69) is 12.4 Å². The molecule has 3 aromatic rings. The minimum absolute atomic E-state index is 0.0434. The van der Waals surface area contributed by atoms with Gasteiger partial charge in [0.25, 0.3) is 5.91 Å². The van der Waals surface area contributed by atoms with Gasteiger partial charge in [0.05, 0.1) is 17.7 Å².